The van der Waals surface area contributed by atoms with Gasteiger partial charge >= 0.3 is 0 Å². The molecule has 0 saturated carbocycles. The molecule has 0 aliphatic rings. The third kappa shape index (κ3) is 3.90. The van der Waals surface area contributed by atoms with Crippen molar-refractivity contribution in [2.75, 3.05) is 0 Å². The smallest absolute Gasteiger partial charge is 0.294 e. The maximum Gasteiger partial charge on any atom is 0.294 e. The number of rotatable bonds is 7. The molecule has 0 fully saturated rings. The Morgan fingerprint density at radius 1 is 1.03 bits per heavy atom. The number of nitrogens with two attached hydrogens (primary N) is 1. The summed E-state index contributed by atoms with van der Waals surface area (Å²) >= 11 is 0. The van der Waals surface area contributed by atoms with Crippen LogP contribution >= 0.6 is 0 Å². The first-order valence-corrected chi connectivity index (χ1v) is 10.8. The normalized spacial score (nSPS) is 13.9. The minimum absolute atomic E-state index is 0.224. The van der Waals surface area contributed by atoms with Gasteiger partial charge in [0.25, 0.3) is 5.56 Å². The number of hydrogen-bond donors (Lipinski definition) is 2. The van der Waals surface area contributed by atoms with E-state index in [-0.39, 0.29) is 11.6 Å². The molecule has 0 unspecified atom stereocenters. The van der Waals surface area contributed by atoms with Gasteiger partial charge < -0.3 is 14.7 Å². The number of nitrogens with zero attached hydrogens (tertiary/aromatic N) is 1. The minimum atomic E-state index is -0.224. The first kappa shape index (κ1) is 20.4. The SMILES string of the molecule is CC[C@H](C)c1ccc([C@H]([NH2+]Cc2nc3c(oc4ccccc43)c(=O)[nH]2)C(C)C)cc1. The van der Waals surface area contributed by atoms with Crippen LogP contribution in [0.25, 0.3) is 22.1 Å². The van der Waals surface area contributed by atoms with Crippen molar-refractivity contribution in [2.45, 2.75) is 52.6 Å². The predicted molar refractivity (Wildman–Crippen MR) is 120 cm³/mol. The van der Waals surface area contributed by atoms with E-state index >= 15 is 0 Å². The van der Waals surface area contributed by atoms with Crippen LogP contribution in [-0.4, -0.2) is 9.97 Å². The van der Waals surface area contributed by atoms with Crippen LogP contribution < -0.4 is 10.9 Å². The van der Waals surface area contributed by atoms with Crippen LogP contribution in [0.2, 0.25) is 0 Å². The van der Waals surface area contributed by atoms with E-state index in [1.807, 2.05) is 24.3 Å². The highest BCUT2D eigenvalue weighted by Gasteiger charge is 2.21. The Bertz CT molecular complexity index is 1200. The molecule has 2 aromatic carbocycles. The molecule has 5 nitrogen and oxygen atoms in total. The van der Waals surface area contributed by atoms with Gasteiger partial charge in [-0.3, -0.25) is 4.79 Å². The van der Waals surface area contributed by atoms with E-state index in [0.29, 0.717) is 40.9 Å². The Morgan fingerprint density at radius 2 is 1.73 bits per heavy atom. The van der Waals surface area contributed by atoms with Gasteiger partial charge in [0.1, 0.15) is 23.7 Å². The van der Waals surface area contributed by atoms with E-state index in [9.17, 15) is 4.79 Å². The summed E-state index contributed by atoms with van der Waals surface area (Å²) in [6.07, 6.45) is 1.14. The summed E-state index contributed by atoms with van der Waals surface area (Å²) in [5, 5.41) is 3.14. The lowest BCUT2D eigenvalue weighted by Gasteiger charge is -2.20. The van der Waals surface area contributed by atoms with Crippen LogP contribution in [0.4, 0.5) is 0 Å². The number of benzene rings is 2. The van der Waals surface area contributed by atoms with Crippen LogP contribution in [0, 0.1) is 5.92 Å². The molecule has 0 bridgehead atoms. The maximum atomic E-state index is 12.5. The lowest BCUT2D eigenvalue weighted by Crippen LogP contribution is -2.85. The highest BCUT2D eigenvalue weighted by molar-refractivity contribution is 6.01. The van der Waals surface area contributed by atoms with Gasteiger partial charge in [0.05, 0.1) is 0 Å². The molecule has 0 amide bonds. The number of aromatic nitrogens is 2. The summed E-state index contributed by atoms with van der Waals surface area (Å²) in [5.74, 6) is 1.69. The van der Waals surface area contributed by atoms with Crippen molar-refractivity contribution in [1.29, 1.82) is 0 Å². The summed E-state index contributed by atoms with van der Waals surface area (Å²) in [6, 6.07) is 16.9. The largest absolute Gasteiger partial charge is 0.449 e. The molecular formula is C25H30N3O2+. The summed E-state index contributed by atoms with van der Waals surface area (Å²) in [7, 11) is 0. The van der Waals surface area contributed by atoms with Crippen molar-refractivity contribution in [1.82, 2.24) is 9.97 Å². The molecular weight excluding hydrogens is 374 g/mol. The lowest BCUT2D eigenvalue weighted by atomic mass is 9.92. The van der Waals surface area contributed by atoms with Crippen LogP contribution in [0.1, 0.15) is 63.0 Å². The van der Waals surface area contributed by atoms with E-state index in [1.54, 1.807) is 0 Å². The topological polar surface area (TPSA) is 75.5 Å². The van der Waals surface area contributed by atoms with Gasteiger partial charge in [-0.25, -0.2) is 4.98 Å². The fourth-order valence-electron chi connectivity index (χ4n) is 4.06. The van der Waals surface area contributed by atoms with Gasteiger partial charge in [-0.2, -0.15) is 0 Å². The van der Waals surface area contributed by atoms with Gasteiger partial charge in [0, 0.05) is 16.9 Å². The van der Waals surface area contributed by atoms with Crippen molar-refractivity contribution in [3.8, 4) is 0 Å². The summed E-state index contributed by atoms with van der Waals surface area (Å²) < 4.78 is 5.69. The van der Waals surface area contributed by atoms with Crippen molar-refractivity contribution in [3.05, 3.63) is 75.8 Å². The number of furan rings is 1. The summed E-state index contributed by atoms with van der Waals surface area (Å²) in [6.45, 7) is 9.54. The highest BCUT2D eigenvalue weighted by Crippen LogP contribution is 2.25. The van der Waals surface area contributed by atoms with Crippen LogP contribution in [0.3, 0.4) is 0 Å². The molecule has 0 radical (unpaired) electrons. The average molecular weight is 405 g/mol. The Kier molecular flexibility index (Phi) is 5.73. The first-order chi connectivity index (χ1) is 14.5. The molecule has 0 aliphatic heterocycles. The van der Waals surface area contributed by atoms with Crippen molar-refractivity contribution < 1.29 is 9.73 Å². The maximum absolute atomic E-state index is 12.5. The Labute approximate surface area is 176 Å². The zero-order valence-corrected chi connectivity index (χ0v) is 18.1. The second-order valence-electron chi connectivity index (χ2n) is 8.47. The van der Waals surface area contributed by atoms with Crippen molar-refractivity contribution >= 4 is 22.1 Å². The van der Waals surface area contributed by atoms with Gasteiger partial charge in [-0.05, 0) is 30.0 Å². The van der Waals surface area contributed by atoms with Crippen LogP contribution in [-0.2, 0) is 6.54 Å². The van der Waals surface area contributed by atoms with Gasteiger partial charge in [-0.15, -0.1) is 0 Å². The molecule has 2 heterocycles. The number of nitrogens with one attached hydrogen (secondary N) is 1. The zero-order chi connectivity index (χ0) is 21.3. The van der Waals surface area contributed by atoms with E-state index < -0.39 is 0 Å². The molecule has 2 aromatic heterocycles. The number of hydrogen-bond acceptors (Lipinski definition) is 3. The molecule has 2 atom stereocenters. The number of quaternary nitrogens is 1. The Morgan fingerprint density at radius 3 is 2.43 bits per heavy atom. The zero-order valence-electron chi connectivity index (χ0n) is 18.1. The van der Waals surface area contributed by atoms with Gasteiger partial charge in [0.2, 0.25) is 5.58 Å². The monoisotopic (exact) mass is 404 g/mol. The summed E-state index contributed by atoms with van der Waals surface area (Å²) in [5.41, 5.74) is 4.07. The Hall–Kier alpha value is -2.92. The second kappa shape index (κ2) is 8.44. The number of aromatic amines is 1. The number of para-hydroxylation sites is 1. The molecule has 3 N–H and O–H groups in total. The molecule has 5 heteroatoms. The van der Waals surface area contributed by atoms with E-state index in [2.05, 4.69) is 62.3 Å². The quantitative estimate of drug-likeness (QED) is 0.471. The molecule has 30 heavy (non-hydrogen) atoms. The fourth-order valence-corrected chi connectivity index (χ4v) is 4.06. The second-order valence-corrected chi connectivity index (χ2v) is 8.47. The minimum Gasteiger partial charge on any atom is -0.449 e. The Balaban J connectivity index is 1.59. The third-order valence-electron chi connectivity index (χ3n) is 6.07. The van der Waals surface area contributed by atoms with Crippen LogP contribution in [0.15, 0.2) is 57.7 Å². The standard InChI is InChI=1S/C25H29N3O2/c1-5-16(4)17-10-12-18(13-11-17)22(15(2)3)26-14-21-27-23-19-8-6-7-9-20(19)30-24(23)25(29)28-21/h6-13,15-16,22,26H,5,14H2,1-4H3,(H,27,28,29)/p+1/t16-,22+/m0/s1. The first-order valence-electron chi connectivity index (χ1n) is 10.8. The molecule has 0 aliphatic carbocycles. The molecule has 4 rings (SSSR count). The van der Waals surface area contributed by atoms with Crippen molar-refractivity contribution in [3.63, 3.8) is 0 Å². The predicted octanol–water partition coefficient (Wildman–Crippen LogP) is 4.64. The number of fused-ring (bicyclic) bond motifs is 3. The highest BCUT2D eigenvalue weighted by atomic mass is 16.3. The lowest BCUT2D eigenvalue weighted by molar-refractivity contribution is -0.718. The average Bonchev–Trinajstić information content (AvgIpc) is 3.13. The molecule has 156 valence electrons. The fraction of sp³-hybridized carbons (Fsp3) is 0.360. The molecule has 0 spiro atoms. The summed E-state index contributed by atoms with van der Waals surface area (Å²) in [4.78, 5) is 20.2. The number of H-pyrrole nitrogens is 1. The molecule has 0 saturated heterocycles. The molecule has 4 aromatic rings. The van der Waals surface area contributed by atoms with Gasteiger partial charge in [0.15, 0.2) is 5.82 Å². The van der Waals surface area contributed by atoms with Crippen LogP contribution in [0.5, 0.6) is 0 Å². The van der Waals surface area contributed by atoms with E-state index in [1.165, 1.54) is 11.1 Å². The van der Waals surface area contributed by atoms with Gasteiger partial charge in [-0.1, -0.05) is 64.1 Å². The third-order valence-corrected chi connectivity index (χ3v) is 6.07. The van der Waals surface area contributed by atoms with E-state index in [0.717, 1.165) is 11.8 Å². The van der Waals surface area contributed by atoms with Crippen molar-refractivity contribution in [2.24, 2.45) is 5.92 Å². The van der Waals surface area contributed by atoms with E-state index in [4.69, 9.17) is 9.40 Å².